The first-order chi connectivity index (χ1) is 13.7. The second-order valence-electron chi connectivity index (χ2n) is 6.78. The molecule has 1 unspecified atom stereocenters. The fourth-order valence-electron chi connectivity index (χ4n) is 3.52. The van der Waals surface area contributed by atoms with Crippen molar-refractivity contribution < 1.29 is 4.74 Å². The second-order valence-corrected chi connectivity index (χ2v) is 6.78. The van der Waals surface area contributed by atoms with Crippen LogP contribution in [0.1, 0.15) is 11.1 Å². The van der Waals surface area contributed by atoms with Gasteiger partial charge in [0.05, 0.1) is 18.2 Å². The topological polar surface area (TPSA) is 81.5 Å². The van der Waals surface area contributed by atoms with Crippen LogP contribution in [0.3, 0.4) is 0 Å². The zero-order valence-electron chi connectivity index (χ0n) is 15.6. The van der Waals surface area contributed by atoms with Crippen LogP contribution in [0.15, 0.2) is 58.3 Å². The number of methoxy groups -OCH3 is 1. The smallest absolute Gasteiger partial charge is 0.256 e. The second kappa shape index (κ2) is 7.77. The molecule has 0 spiro atoms. The van der Waals surface area contributed by atoms with E-state index in [9.17, 15) is 10.1 Å². The number of rotatable bonds is 5. The zero-order valence-corrected chi connectivity index (χ0v) is 15.6. The maximum Gasteiger partial charge on any atom is 0.256 e. The monoisotopic (exact) mass is 372 g/mol. The van der Waals surface area contributed by atoms with Crippen molar-refractivity contribution >= 4 is 17.0 Å². The number of aliphatic imine (C=N–C) groups is 1. The van der Waals surface area contributed by atoms with Crippen molar-refractivity contribution in [2.75, 3.05) is 20.3 Å². The van der Waals surface area contributed by atoms with Crippen LogP contribution < -0.4 is 5.56 Å². The molecule has 3 aromatic rings. The quantitative estimate of drug-likeness (QED) is 0.747. The Morgan fingerprint density at radius 2 is 2.07 bits per heavy atom. The molecule has 140 valence electrons. The van der Waals surface area contributed by atoms with Gasteiger partial charge in [-0.15, -0.1) is 0 Å². The van der Waals surface area contributed by atoms with Gasteiger partial charge in [0, 0.05) is 42.9 Å². The highest BCUT2D eigenvalue weighted by Crippen LogP contribution is 2.23. The van der Waals surface area contributed by atoms with E-state index in [1.807, 2.05) is 24.4 Å². The molecule has 1 aliphatic rings. The molecule has 1 aliphatic heterocycles. The number of aromatic nitrogens is 1. The molecule has 1 N–H and O–H groups in total. The summed E-state index contributed by atoms with van der Waals surface area (Å²) in [4.78, 5) is 22.0. The predicted molar refractivity (Wildman–Crippen MR) is 109 cm³/mol. The van der Waals surface area contributed by atoms with Gasteiger partial charge >= 0.3 is 0 Å². The van der Waals surface area contributed by atoms with Crippen LogP contribution in [0, 0.1) is 11.3 Å². The molecule has 28 heavy (non-hydrogen) atoms. The standard InChI is InChI=1S/C22H20N4O2/c1-28-14-21-24-9-10-26(21)13-15-5-7-16(8-6-15)20-11-19-17(12-23)3-2-4-18(19)22(27)25-20/h2-9,11,21H,10,13-14H2,1H3,(H,25,27). The highest BCUT2D eigenvalue weighted by molar-refractivity contribution is 5.89. The Morgan fingerprint density at radius 1 is 1.25 bits per heavy atom. The summed E-state index contributed by atoms with van der Waals surface area (Å²) in [6.07, 6.45) is 1.98. The van der Waals surface area contributed by atoms with Crippen molar-refractivity contribution in [2.24, 2.45) is 4.99 Å². The summed E-state index contributed by atoms with van der Waals surface area (Å²) < 4.78 is 5.22. The van der Waals surface area contributed by atoms with Gasteiger partial charge in [0.1, 0.15) is 6.17 Å². The minimum atomic E-state index is -0.190. The van der Waals surface area contributed by atoms with Crippen molar-refractivity contribution in [2.45, 2.75) is 12.7 Å². The molecular formula is C22H20N4O2. The number of ether oxygens (including phenoxy) is 1. The van der Waals surface area contributed by atoms with E-state index in [2.05, 4.69) is 33.1 Å². The molecule has 0 saturated heterocycles. The number of fused-ring (bicyclic) bond motifs is 1. The van der Waals surface area contributed by atoms with E-state index in [1.54, 1.807) is 25.3 Å². The van der Waals surface area contributed by atoms with Gasteiger partial charge in [-0.2, -0.15) is 5.26 Å². The summed E-state index contributed by atoms with van der Waals surface area (Å²) in [5.74, 6) is 0. The molecule has 2 aromatic carbocycles. The first-order valence-electron chi connectivity index (χ1n) is 9.09. The molecule has 1 atom stereocenters. The Kier molecular flexibility index (Phi) is 5.02. The lowest BCUT2D eigenvalue weighted by molar-refractivity contribution is 0.109. The van der Waals surface area contributed by atoms with Crippen molar-refractivity contribution in [3.63, 3.8) is 0 Å². The molecule has 0 bridgehead atoms. The number of nitrogens with one attached hydrogen (secondary N) is 1. The van der Waals surface area contributed by atoms with E-state index < -0.39 is 0 Å². The van der Waals surface area contributed by atoms with E-state index in [0.717, 1.165) is 24.2 Å². The van der Waals surface area contributed by atoms with E-state index >= 15 is 0 Å². The van der Waals surface area contributed by atoms with Crippen LogP contribution in [-0.4, -0.2) is 42.5 Å². The fraction of sp³-hybridized carbons (Fsp3) is 0.227. The number of pyridine rings is 1. The number of aromatic amines is 1. The zero-order chi connectivity index (χ0) is 19.5. The highest BCUT2D eigenvalue weighted by atomic mass is 16.5. The summed E-state index contributed by atoms with van der Waals surface area (Å²) in [5.41, 5.74) is 3.08. The molecule has 6 heteroatoms. The highest BCUT2D eigenvalue weighted by Gasteiger charge is 2.20. The molecule has 0 fully saturated rings. The van der Waals surface area contributed by atoms with E-state index in [-0.39, 0.29) is 11.7 Å². The number of H-pyrrole nitrogens is 1. The molecule has 0 radical (unpaired) electrons. The minimum absolute atomic E-state index is 0.0610. The van der Waals surface area contributed by atoms with Crippen LogP contribution in [0.5, 0.6) is 0 Å². The maximum absolute atomic E-state index is 12.4. The number of hydrogen-bond acceptors (Lipinski definition) is 5. The summed E-state index contributed by atoms with van der Waals surface area (Å²) in [7, 11) is 1.68. The van der Waals surface area contributed by atoms with Gasteiger partial charge in [-0.1, -0.05) is 30.3 Å². The van der Waals surface area contributed by atoms with E-state index in [1.165, 1.54) is 0 Å². The number of nitrogens with zero attached hydrogens (tertiary/aromatic N) is 3. The Bertz CT molecular complexity index is 1130. The van der Waals surface area contributed by atoms with Gasteiger partial charge in [0.15, 0.2) is 0 Å². The van der Waals surface area contributed by atoms with Crippen LogP contribution in [-0.2, 0) is 11.3 Å². The fourth-order valence-corrected chi connectivity index (χ4v) is 3.52. The largest absolute Gasteiger partial charge is 0.381 e. The van der Waals surface area contributed by atoms with E-state index in [4.69, 9.17) is 4.74 Å². The Balaban J connectivity index is 1.61. The van der Waals surface area contributed by atoms with Gasteiger partial charge in [-0.05, 0) is 29.3 Å². The van der Waals surface area contributed by atoms with Crippen molar-refractivity contribution in [1.29, 1.82) is 5.26 Å². The third-order valence-electron chi connectivity index (χ3n) is 4.99. The Labute approximate surface area is 162 Å². The molecule has 0 aliphatic carbocycles. The van der Waals surface area contributed by atoms with Crippen LogP contribution in [0.2, 0.25) is 0 Å². The number of hydrogen-bond donors (Lipinski definition) is 1. The lowest BCUT2D eigenvalue weighted by atomic mass is 10.0. The maximum atomic E-state index is 12.4. The molecule has 6 nitrogen and oxygen atoms in total. The average molecular weight is 372 g/mol. The summed E-state index contributed by atoms with van der Waals surface area (Å²) in [6, 6.07) is 17.3. The van der Waals surface area contributed by atoms with Crippen molar-refractivity contribution in [3.05, 3.63) is 70.0 Å². The van der Waals surface area contributed by atoms with Gasteiger partial charge < -0.3 is 9.72 Å². The number of nitriles is 1. The third-order valence-corrected chi connectivity index (χ3v) is 4.99. The minimum Gasteiger partial charge on any atom is -0.381 e. The van der Waals surface area contributed by atoms with Crippen LogP contribution in [0.4, 0.5) is 0 Å². The van der Waals surface area contributed by atoms with Crippen molar-refractivity contribution in [3.8, 4) is 17.3 Å². The van der Waals surface area contributed by atoms with Gasteiger partial charge in [0.25, 0.3) is 5.56 Å². The third kappa shape index (κ3) is 3.46. The molecule has 0 amide bonds. The van der Waals surface area contributed by atoms with Crippen LogP contribution >= 0.6 is 0 Å². The average Bonchev–Trinajstić information content (AvgIpc) is 3.15. The molecule has 0 saturated carbocycles. The van der Waals surface area contributed by atoms with Gasteiger partial charge in [-0.3, -0.25) is 14.7 Å². The lowest BCUT2D eigenvalue weighted by Crippen LogP contribution is -2.32. The lowest BCUT2D eigenvalue weighted by Gasteiger charge is -2.22. The molecule has 1 aromatic heterocycles. The normalized spacial score (nSPS) is 16.5. The molecular weight excluding hydrogens is 352 g/mol. The first-order valence-corrected chi connectivity index (χ1v) is 9.09. The number of benzene rings is 2. The Hall–Kier alpha value is -3.27. The van der Waals surface area contributed by atoms with Crippen LogP contribution in [0.25, 0.3) is 22.0 Å². The predicted octanol–water partition coefficient (Wildman–Crippen LogP) is 2.93. The summed E-state index contributed by atoms with van der Waals surface area (Å²) in [6.45, 7) is 2.17. The van der Waals surface area contributed by atoms with Crippen molar-refractivity contribution in [1.82, 2.24) is 9.88 Å². The Morgan fingerprint density at radius 3 is 2.82 bits per heavy atom. The first kappa shape index (κ1) is 18.1. The molecule has 2 heterocycles. The van der Waals surface area contributed by atoms with E-state index in [0.29, 0.717) is 28.6 Å². The van der Waals surface area contributed by atoms with Gasteiger partial charge in [0.2, 0.25) is 0 Å². The molecule has 4 rings (SSSR count). The SMILES string of the molecule is COCC1N=CCN1Cc1ccc(-c2cc3c(C#N)cccc3c(=O)[nH]2)cc1. The van der Waals surface area contributed by atoms with Gasteiger partial charge in [-0.25, -0.2) is 0 Å². The summed E-state index contributed by atoms with van der Waals surface area (Å²) in [5, 5.41) is 10.5. The summed E-state index contributed by atoms with van der Waals surface area (Å²) >= 11 is 0.